The average Bonchev–Trinajstić information content (AvgIpc) is 3.28. The summed E-state index contributed by atoms with van der Waals surface area (Å²) in [4.78, 5) is 23.0. The summed E-state index contributed by atoms with van der Waals surface area (Å²) in [6, 6.07) is 17.3. The number of carbonyl (C=O) groups excluding carboxylic acids is 1. The fraction of sp³-hybridized carbons (Fsp3) is 0.167. The van der Waals surface area contributed by atoms with Gasteiger partial charge in [0, 0.05) is 12.6 Å². The molecule has 0 bridgehead atoms. The fourth-order valence-corrected chi connectivity index (χ4v) is 2.65. The summed E-state index contributed by atoms with van der Waals surface area (Å²) < 4.78 is 0. The lowest BCUT2D eigenvalue weighted by Crippen LogP contribution is -2.30. The molecule has 0 spiro atoms. The predicted octanol–water partition coefficient (Wildman–Crippen LogP) is 1.87. The van der Waals surface area contributed by atoms with Gasteiger partial charge in [0.25, 0.3) is 0 Å². The molecule has 2 aromatic carbocycles. The lowest BCUT2D eigenvalue weighted by atomic mass is 10.2. The largest absolute Gasteiger partial charge is 0.340 e. The van der Waals surface area contributed by atoms with Crippen LogP contribution in [0.2, 0.25) is 0 Å². The Labute approximate surface area is 149 Å². The van der Waals surface area contributed by atoms with Crippen molar-refractivity contribution < 1.29 is 4.79 Å². The molecule has 0 atom stereocenters. The van der Waals surface area contributed by atoms with E-state index in [1.807, 2.05) is 54.6 Å². The topological polar surface area (TPSA) is 92.6 Å². The molecule has 0 aliphatic rings. The second kappa shape index (κ2) is 6.75. The van der Waals surface area contributed by atoms with E-state index in [4.69, 9.17) is 0 Å². The Balaban J connectivity index is 1.42. The summed E-state index contributed by atoms with van der Waals surface area (Å²) in [7, 11) is 1.73. The maximum absolute atomic E-state index is 12.4. The summed E-state index contributed by atoms with van der Waals surface area (Å²) >= 11 is 0. The number of aromatic nitrogens is 6. The number of hydrogen-bond acceptors (Lipinski definition) is 5. The molecule has 1 N–H and O–H groups in total. The van der Waals surface area contributed by atoms with Crippen LogP contribution in [-0.2, 0) is 17.9 Å². The van der Waals surface area contributed by atoms with Crippen molar-refractivity contribution in [2.75, 3.05) is 7.05 Å². The third-order valence-electron chi connectivity index (χ3n) is 4.01. The standard InChI is InChI=1S/C18H17N7O/c1-24(11-16-19-14-9-5-6-10-15(14)20-16)17(26)12-25-22-18(21-23-25)13-7-3-2-4-8-13/h2-10H,11-12H2,1H3,(H,19,20). The van der Waals surface area contributed by atoms with Crippen LogP contribution in [0.4, 0.5) is 0 Å². The number of H-pyrrole nitrogens is 1. The van der Waals surface area contributed by atoms with Gasteiger partial charge in [-0.3, -0.25) is 4.79 Å². The van der Waals surface area contributed by atoms with Crippen LogP contribution < -0.4 is 0 Å². The Morgan fingerprint density at radius 2 is 1.88 bits per heavy atom. The number of nitrogens with one attached hydrogen (secondary N) is 1. The zero-order valence-corrected chi connectivity index (χ0v) is 14.2. The monoisotopic (exact) mass is 347 g/mol. The van der Waals surface area contributed by atoms with Gasteiger partial charge in [-0.05, 0) is 17.3 Å². The van der Waals surface area contributed by atoms with E-state index < -0.39 is 0 Å². The Hall–Kier alpha value is -3.55. The number of fused-ring (bicyclic) bond motifs is 1. The van der Waals surface area contributed by atoms with E-state index in [9.17, 15) is 4.79 Å². The lowest BCUT2D eigenvalue weighted by molar-refractivity contribution is -0.131. The van der Waals surface area contributed by atoms with E-state index in [0.717, 1.165) is 22.4 Å². The van der Waals surface area contributed by atoms with Crippen LogP contribution in [0.15, 0.2) is 54.6 Å². The molecule has 0 unspecified atom stereocenters. The zero-order chi connectivity index (χ0) is 17.9. The highest BCUT2D eigenvalue weighted by Gasteiger charge is 2.14. The number of tetrazole rings is 1. The highest BCUT2D eigenvalue weighted by Crippen LogP contribution is 2.13. The molecule has 4 rings (SSSR count). The van der Waals surface area contributed by atoms with Gasteiger partial charge in [0.15, 0.2) is 0 Å². The van der Waals surface area contributed by atoms with Crippen LogP contribution >= 0.6 is 0 Å². The number of benzene rings is 2. The highest BCUT2D eigenvalue weighted by molar-refractivity contribution is 5.76. The normalized spacial score (nSPS) is 11.0. The first-order valence-electron chi connectivity index (χ1n) is 8.20. The molecular formula is C18H17N7O. The summed E-state index contributed by atoms with van der Waals surface area (Å²) in [6.07, 6.45) is 0. The number of nitrogens with zero attached hydrogens (tertiary/aromatic N) is 6. The SMILES string of the molecule is CN(Cc1nc2ccccc2[nH]1)C(=O)Cn1nnc(-c2ccccc2)n1. The zero-order valence-electron chi connectivity index (χ0n) is 14.2. The Morgan fingerprint density at radius 1 is 1.12 bits per heavy atom. The van der Waals surface area contributed by atoms with Gasteiger partial charge in [-0.1, -0.05) is 42.5 Å². The number of para-hydroxylation sites is 2. The van der Waals surface area contributed by atoms with Crippen molar-refractivity contribution in [2.45, 2.75) is 13.1 Å². The van der Waals surface area contributed by atoms with E-state index in [-0.39, 0.29) is 12.5 Å². The molecule has 0 fully saturated rings. The van der Waals surface area contributed by atoms with Crippen molar-refractivity contribution in [3.63, 3.8) is 0 Å². The first-order valence-corrected chi connectivity index (χ1v) is 8.20. The number of imidazole rings is 1. The summed E-state index contributed by atoms with van der Waals surface area (Å²) in [6.45, 7) is 0.407. The molecule has 1 amide bonds. The third-order valence-corrected chi connectivity index (χ3v) is 4.01. The van der Waals surface area contributed by atoms with Crippen LogP contribution in [0.5, 0.6) is 0 Å². The van der Waals surface area contributed by atoms with Crippen molar-refractivity contribution in [1.29, 1.82) is 0 Å². The maximum Gasteiger partial charge on any atom is 0.246 e. The van der Waals surface area contributed by atoms with Crippen molar-refractivity contribution in [1.82, 2.24) is 35.1 Å². The molecule has 8 heteroatoms. The number of likely N-dealkylation sites (N-methyl/N-ethyl adjacent to an activating group) is 1. The molecule has 2 heterocycles. The van der Waals surface area contributed by atoms with Crippen molar-refractivity contribution in [2.24, 2.45) is 0 Å². The van der Waals surface area contributed by atoms with Crippen molar-refractivity contribution >= 4 is 16.9 Å². The molecule has 2 aromatic heterocycles. The molecule has 0 saturated heterocycles. The van der Waals surface area contributed by atoms with Gasteiger partial charge in [-0.25, -0.2) is 4.98 Å². The van der Waals surface area contributed by atoms with Crippen molar-refractivity contribution in [3.05, 3.63) is 60.4 Å². The van der Waals surface area contributed by atoms with Crippen LogP contribution in [0.3, 0.4) is 0 Å². The molecular weight excluding hydrogens is 330 g/mol. The Bertz CT molecular complexity index is 1000. The molecule has 0 aliphatic heterocycles. The molecule has 8 nitrogen and oxygen atoms in total. The van der Waals surface area contributed by atoms with Gasteiger partial charge in [0.2, 0.25) is 11.7 Å². The first-order chi connectivity index (χ1) is 12.7. The minimum atomic E-state index is -0.123. The van der Waals surface area contributed by atoms with E-state index in [2.05, 4.69) is 25.4 Å². The smallest absolute Gasteiger partial charge is 0.246 e. The van der Waals surface area contributed by atoms with E-state index in [1.165, 1.54) is 4.80 Å². The number of hydrogen-bond donors (Lipinski definition) is 1. The fourth-order valence-electron chi connectivity index (χ4n) is 2.65. The average molecular weight is 347 g/mol. The summed E-state index contributed by atoms with van der Waals surface area (Å²) in [5, 5.41) is 12.2. The van der Waals surface area contributed by atoms with Gasteiger partial charge in [-0.15, -0.1) is 10.2 Å². The highest BCUT2D eigenvalue weighted by atomic mass is 16.2. The van der Waals surface area contributed by atoms with Crippen LogP contribution in [0.25, 0.3) is 22.4 Å². The molecule has 130 valence electrons. The summed E-state index contributed by atoms with van der Waals surface area (Å²) in [5.74, 6) is 1.11. The van der Waals surface area contributed by atoms with E-state index in [1.54, 1.807) is 11.9 Å². The molecule has 4 aromatic rings. The van der Waals surface area contributed by atoms with Crippen LogP contribution in [0, 0.1) is 0 Å². The summed E-state index contributed by atoms with van der Waals surface area (Å²) in [5.41, 5.74) is 2.70. The predicted molar refractivity (Wildman–Crippen MR) is 95.8 cm³/mol. The van der Waals surface area contributed by atoms with E-state index >= 15 is 0 Å². The Kier molecular flexibility index (Phi) is 4.14. The van der Waals surface area contributed by atoms with Crippen molar-refractivity contribution in [3.8, 4) is 11.4 Å². The van der Waals surface area contributed by atoms with Gasteiger partial charge in [-0.2, -0.15) is 4.80 Å². The maximum atomic E-state index is 12.4. The minimum absolute atomic E-state index is 0.0244. The van der Waals surface area contributed by atoms with Crippen LogP contribution in [0.1, 0.15) is 5.82 Å². The molecule has 0 aliphatic carbocycles. The second-order valence-corrected chi connectivity index (χ2v) is 5.96. The molecule has 0 radical (unpaired) electrons. The number of aromatic amines is 1. The number of amides is 1. The minimum Gasteiger partial charge on any atom is -0.340 e. The quantitative estimate of drug-likeness (QED) is 0.595. The lowest BCUT2D eigenvalue weighted by Gasteiger charge is -2.14. The Morgan fingerprint density at radius 3 is 2.69 bits per heavy atom. The second-order valence-electron chi connectivity index (χ2n) is 5.96. The molecule has 0 saturated carbocycles. The van der Waals surface area contributed by atoms with Gasteiger partial charge >= 0.3 is 0 Å². The molecule has 26 heavy (non-hydrogen) atoms. The number of rotatable bonds is 5. The van der Waals surface area contributed by atoms with Crippen LogP contribution in [-0.4, -0.2) is 48.0 Å². The van der Waals surface area contributed by atoms with Gasteiger partial charge < -0.3 is 9.88 Å². The van der Waals surface area contributed by atoms with Gasteiger partial charge in [0.1, 0.15) is 12.4 Å². The number of carbonyl (C=O) groups is 1. The first kappa shape index (κ1) is 15.9. The van der Waals surface area contributed by atoms with E-state index in [0.29, 0.717) is 12.4 Å². The van der Waals surface area contributed by atoms with Gasteiger partial charge in [0.05, 0.1) is 17.6 Å². The third kappa shape index (κ3) is 3.30.